The number of pyridine rings is 1. The molecule has 0 atom stereocenters. The van der Waals surface area contributed by atoms with Gasteiger partial charge in [-0.2, -0.15) is 0 Å². The Kier molecular flexibility index (Phi) is 3.35. The molecule has 0 aliphatic rings. The van der Waals surface area contributed by atoms with Crippen LogP contribution >= 0.6 is 11.6 Å². The molecule has 0 bridgehead atoms. The molecule has 4 rings (SSSR count). The Morgan fingerprint density at radius 2 is 2.04 bits per heavy atom. The quantitative estimate of drug-likeness (QED) is 0.569. The Hall–Kier alpha value is -2.66. The van der Waals surface area contributed by atoms with E-state index >= 15 is 0 Å². The first-order valence-corrected chi connectivity index (χ1v) is 7.47. The average molecular weight is 327 g/mol. The van der Waals surface area contributed by atoms with Crippen LogP contribution in [0.2, 0.25) is 5.02 Å². The second-order valence-corrected chi connectivity index (χ2v) is 5.67. The van der Waals surface area contributed by atoms with Crippen LogP contribution in [0.4, 0.5) is 4.39 Å². The topological polar surface area (TPSA) is 35.1 Å². The Bertz CT molecular complexity index is 989. The molecule has 3 heterocycles. The number of hydrogen-bond acceptors (Lipinski definition) is 2. The lowest BCUT2D eigenvalue weighted by Crippen LogP contribution is -2.01. The third-order valence-corrected chi connectivity index (χ3v) is 3.82. The summed E-state index contributed by atoms with van der Waals surface area (Å²) in [5.74, 6) is 0.430. The van der Waals surface area contributed by atoms with Gasteiger partial charge in [0, 0.05) is 30.4 Å². The molecule has 0 fully saturated rings. The molecule has 114 valence electrons. The SMILES string of the molecule is Fc1cccc(-c2nccn2Cc2cn3cc(Cl)ccc3n2)c1. The number of fused-ring (bicyclic) bond motifs is 1. The Balaban J connectivity index is 1.70. The number of aromatic nitrogens is 4. The number of hydrogen-bond donors (Lipinski definition) is 0. The van der Waals surface area contributed by atoms with Gasteiger partial charge in [0.25, 0.3) is 0 Å². The van der Waals surface area contributed by atoms with Crippen molar-refractivity contribution in [2.75, 3.05) is 0 Å². The predicted molar refractivity (Wildman–Crippen MR) is 86.9 cm³/mol. The Morgan fingerprint density at radius 3 is 2.91 bits per heavy atom. The lowest BCUT2D eigenvalue weighted by molar-refractivity contribution is 0.628. The summed E-state index contributed by atoms with van der Waals surface area (Å²) in [6, 6.07) is 10.1. The van der Waals surface area contributed by atoms with Gasteiger partial charge in [-0.05, 0) is 24.3 Å². The monoisotopic (exact) mass is 326 g/mol. The summed E-state index contributed by atoms with van der Waals surface area (Å²) in [6.45, 7) is 0.547. The summed E-state index contributed by atoms with van der Waals surface area (Å²) in [7, 11) is 0. The van der Waals surface area contributed by atoms with Crippen LogP contribution in [0.5, 0.6) is 0 Å². The van der Waals surface area contributed by atoms with Crippen LogP contribution in [0.1, 0.15) is 5.69 Å². The summed E-state index contributed by atoms with van der Waals surface area (Å²) in [4.78, 5) is 8.90. The van der Waals surface area contributed by atoms with Crippen LogP contribution in [-0.4, -0.2) is 18.9 Å². The van der Waals surface area contributed by atoms with E-state index in [2.05, 4.69) is 9.97 Å². The highest BCUT2D eigenvalue weighted by atomic mass is 35.5. The minimum absolute atomic E-state index is 0.278. The summed E-state index contributed by atoms with van der Waals surface area (Å²) >= 11 is 5.99. The second kappa shape index (κ2) is 5.52. The van der Waals surface area contributed by atoms with E-state index in [4.69, 9.17) is 11.6 Å². The predicted octanol–water partition coefficient (Wildman–Crippen LogP) is 4.04. The maximum atomic E-state index is 13.4. The molecular formula is C17H12ClFN4. The van der Waals surface area contributed by atoms with E-state index < -0.39 is 0 Å². The first-order valence-electron chi connectivity index (χ1n) is 7.09. The second-order valence-electron chi connectivity index (χ2n) is 5.23. The summed E-state index contributed by atoms with van der Waals surface area (Å²) in [6.07, 6.45) is 7.30. The molecule has 0 saturated heterocycles. The molecule has 0 saturated carbocycles. The highest BCUT2D eigenvalue weighted by molar-refractivity contribution is 6.30. The van der Waals surface area contributed by atoms with E-state index in [1.165, 1.54) is 12.1 Å². The van der Waals surface area contributed by atoms with Gasteiger partial charge < -0.3 is 8.97 Å². The lowest BCUT2D eigenvalue weighted by atomic mass is 10.2. The minimum atomic E-state index is -0.278. The highest BCUT2D eigenvalue weighted by Gasteiger charge is 2.09. The van der Waals surface area contributed by atoms with Crippen molar-refractivity contribution in [1.82, 2.24) is 18.9 Å². The number of nitrogens with zero attached hydrogens (tertiary/aromatic N) is 4. The molecule has 0 radical (unpaired) electrons. The van der Waals surface area contributed by atoms with Crippen LogP contribution < -0.4 is 0 Å². The maximum Gasteiger partial charge on any atom is 0.140 e. The van der Waals surface area contributed by atoms with Gasteiger partial charge in [0.1, 0.15) is 17.3 Å². The molecule has 0 aliphatic carbocycles. The number of benzene rings is 1. The normalized spacial score (nSPS) is 11.2. The minimum Gasteiger partial charge on any atom is -0.325 e. The fourth-order valence-electron chi connectivity index (χ4n) is 2.59. The molecule has 4 aromatic rings. The first-order chi connectivity index (χ1) is 11.2. The van der Waals surface area contributed by atoms with E-state index in [1.54, 1.807) is 12.3 Å². The van der Waals surface area contributed by atoms with E-state index in [1.807, 2.05) is 45.8 Å². The van der Waals surface area contributed by atoms with Gasteiger partial charge in [0.05, 0.1) is 17.3 Å². The molecule has 23 heavy (non-hydrogen) atoms. The number of halogens is 2. The zero-order valence-corrected chi connectivity index (χ0v) is 12.8. The van der Waals surface area contributed by atoms with Crippen molar-refractivity contribution in [3.8, 4) is 11.4 Å². The molecule has 3 aromatic heterocycles. The average Bonchev–Trinajstić information content (AvgIpc) is 3.13. The van der Waals surface area contributed by atoms with Gasteiger partial charge in [0.2, 0.25) is 0 Å². The van der Waals surface area contributed by atoms with Crippen LogP contribution in [0.15, 0.2) is 61.2 Å². The zero-order chi connectivity index (χ0) is 15.8. The third kappa shape index (κ3) is 2.71. The van der Waals surface area contributed by atoms with Crippen molar-refractivity contribution in [2.45, 2.75) is 6.54 Å². The van der Waals surface area contributed by atoms with Crippen molar-refractivity contribution in [1.29, 1.82) is 0 Å². The molecule has 6 heteroatoms. The maximum absolute atomic E-state index is 13.4. The van der Waals surface area contributed by atoms with Gasteiger partial charge in [-0.3, -0.25) is 0 Å². The van der Waals surface area contributed by atoms with E-state index in [0.717, 1.165) is 16.9 Å². The highest BCUT2D eigenvalue weighted by Crippen LogP contribution is 2.20. The van der Waals surface area contributed by atoms with Crippen molar-refractivity contribution in [3.63, 3.8) is 0 Å². The molecule has 0 amide bonds. The fourth-order valence-corrected chi connectivity index (χ4v) is 2.76. The van der Waals surface area contributed by atoms with Crippen molar-refractivity contribution >= 4 is 17.2 Å². The molecule has 4 nitrogen and oxygen atoms in total. The summed E-state index contributed by atoms with van der Waals surface area (Å²) in [5.41, 5.74) is 2.45. The standard InChI is InChI=1S/C17H12ClFN4/c18-13-4-5-16-21-15(11-23(16)9-13)10-22-7-6-20-17(22)12-2-1-3-14(19)8-12/h1-9,11H,10H2. The van der Waals surface area contributed by atoms with Crippen molar-refractivity contribution in [2.24, 2.45) is 0 Å². The van der Waals surface area contributed by atoms with Gasteiger partial charge >= 0.3 is 0 Å². The van der Waals surface area contributed by atoms with Crippen LogP contribution in [-0.2, 0) is 6.54 Å². The zero-order valence-electron chi connectivity index (χ0n) is 12.0. The van der Waals surface area contributed by atoms with E-state index in [9.17, 15) is 4.39 Å². The van der Waals surface area contributed by atoms with Gasteiger partial charge in [-0.15, -0.1) is 0 Å². The first kappa shape index (κ1) is 14.0. The summed E-state index contributed by atoms with van der Waals surface area (Å²) < 4.78 is 17.3. The Labute approximate surface area is 136 Å². The third-order valence-electron chi connectivity index (χ3n) is 3.60. The van der Waals surface area contributed by atoms with Gasteiger partial charge in [0.15, 0.2) is 0 Å². The fraction of sp³-hybridized carbons (Fsp3) is 0.0588. The molecule has 1 aromatic carbocycles. The lowest BCUT2D eigenvalue weighted by Gasteiger charge is -2.06. The number of imidazole rings is 2. The van der Waals surface area contributed by atoms with Crippen molar-refractivity contribution < 1.29 is 4.39 Å². The molecular weight excluding hydrogens is 315 g/mol. The van der Waals surface area contributed by atoms with E-state index in [-0.39, 0.29) is 5.82 Å². The smallest absolute Gasteiger partial charge is 0.140 e. The number of rotatable bonds is 3. The van der Waals surface area contributed by atoms with Crippen LogP contribution in [0.3, 0.4) is 0 Å². The van der Waals surface area contributed by atoms with Crippen molar-refractivity contribution in [3.05, 3.63) is 77.7 Å². The summed E-state index contributed by atoms with van der Waals surface area (Å²) in [5, 5.41) is 0.657. The Morgan fingerprint density at radius 1 is 1.13 bits per heavy atom. The molecule has 0 unspecified atom stereocenters. The van der Waals surface area contributed by atoms with Crippen LogP contribution in [0, 0.1) is 5.82 Å². The van der Waals surface area contributed by atoms with Crippen LogP contribution in [0.25, 0.3) is 17.0 Å². The van der Waals surface area contributed by atoms with Gasteiger partial charge in [-0.25, -0.2) is 14.4 Å². The largest absolute Gasteiger partial charge is 0.325 e. The molecule has 0 spiro atoms. The van der Waals surface area contributed by atoms with E-state index in [0.29, 0.717) is 17.4 Å². The molecule has 0 N–H and O–H groups in total. The molecule has 0 aliphatic heterocycles. The van der Waals surface area contributed by atoms with Gasteiger partial charge in [-0.1, -0.05) is 23.7 Å².